The largest absolute Gasteiger partial charge is 0.342 e. The van der Waals surface area contributed by atoms with Crippen LogP contribution < -0.4 is 0 Å². The van der Waals surface area contributed by atoms with E-state index < -0.39 is 9.84 Å². The van der Waals surface area contributed by atoms with Crippen molar-refractivity contribution in [2.75, 3.05) is 11.5 Å². The second kappa shape index (κ2) is 7.68. The number of amides is 1. The van der Waals surface area contributed by atoms with Crippen molar-refractivity contribution in [3.8, 4) is 0 Å². The molecule has 1 aromatic rings. The zero-order valence-corrected chi connectivity index (χ0v) is 16.4. The molecule has 2 atom stereocenters. The molecule has 8 heteroatoms. The fourth-order valence-electron chi connectivity index (χ4n) is 3.12. The van der Waals surface area contributed by atoms with E-state index in [0.717, 1.165) is 18.4 Å². The smallest absolute Gasteiger partial charge is 0.248 e. The molecule has 2 unspecified atom stereocenters. The van der Waals surface area contributed by atoms with Crippen LogP contribution >= 0.6 is 23.4 Å². The number of fused-ring (bicyclic) bond motifs is 1. The van der Waals surface area contributed by atoms with Gasteiger partial charge < -0.3 is 4.90 Å². The van der Waals surface area contributed by atoms with Crippen molar-refractivity contribution in [2.24, 2.45) is 4.99 Å². The Bertz CT molecular complexity index is 795. The highest BCUT2D eigenvalue weighted by Crippen LogP contribution is 2.39. The molecule has 2 aliphatic rings. The fraction of sp³-hybridized carbons (Fsp3) is 0.529. The molecular weight excluding hydrogens is 380 g/mol. The quantitative estimate of drug-likeness (QED) is 0.759. The lowest BCUT2D eigenvalue weighted by atomic mass is 10.1. The lowest BCUT2D eigenvalue weighted by Crippen LogP contribution is -2.37. The molecule has 2 aliphatic heterocycles. The van der Waals surface area contributed by atoms with Gasteiger partial charge in [-0.3, -0.25) is 4.79 Å². The predicted octanol–water partition coefficient (Wildman–Crippen LogP) is 3.13. The molecule has 2 heterocycles. The van der Waals surface area contributed by atoms with E-state index in [1.165, 1.54) is 11.8 Å². The number of carbonyl (C=O) groups excluding carboxylic acids is 1. The summed E-state index contributed by atoms with van der Waals surface area (Å²) in [4.78, 5) is 18.3. The first-order valence-corrected chi connectivity index (χ1v) is 11.5. The Hall–Kier alpha value is -1.05. The van der Waals surface area contributed by atoms with Crippen LogP contribution in [0.1, 0.15) is 31.7 Å². The first-order valence-electron chi connectivity index (χ1n) is 8.38. The molecule has 0 aromatic heterocycles. The van der Waals surface area contributed by atoms with Gasteiger partial charge in [0.15, 0.2) is 15.0 Å². The van der Waals surface area contributed by atoms with Crippen molar-refractivity contribution in [1.29, 1.82) is 0 Å². The molecule has 5 nitrogen and oxygen atoms in total. The van der Waals surface area contributed by atoms with Crippen LogP contribution in [-0.2, 0) is 21.2 Å². The summed E-state index contributed by atoms with van der Waals surface area (Å²) in [6.45, 7) is 2.49. The van der Waals surface area contributed by atoms with Crippen LogP contribution in [0.4, 0.5) is 0 Å². The Labute approximate surface area is 157 Å². The van der Waals surface area contributed by atoms with Gasteiger partial charge in [-0.2, -0.15) is 4.99 Å². The van der Waals surface area contributed by atoms with Crippen molar-refractivity contribution in [3.05, 3.63) is 34.9 Å². The molecule has 0 saturated carbocycles. The molecule has 3 rings (SSSR count). The maximum Gasteiger partial charge on any atom is 0.248 e. The Morgan fingerprint density at radius 3 is 2.84 bits per heavy atom. The number of aliphatic imine (C=N–C) groups is 1. The summed E-state index contributed by atoms with van der Waals surface area (Å²) in [5.74, 6) is 0.109. The van der Waals surface area contributed by atoms with Gasteiger partial charge in [0.05, 0.1) is 17.5 Å². The standard InChI is InChI=1S/C17H21ClN2O3S2/c1-2-3-8-16(21)19-17-20(9-12-6-4-5-7-13(12)18)14-10-25(22,23)11-15(14)24-17/h4-7,14-15H,2-3,8-11H2,1H3. The number of hydrogen-bond acceptors (Lipinski definition) is 4. The minimum atomic E-state index is -3.04. The number of unbranched alkanes of at least 4 members (excludes halogenated alkanes) is 1. The minimum absolute atomic E-state index is 0.0646. The van der Waals surface area contributed by atoms with Gasteiger partial charge >= 0.3 is 0 Å². The van der Waals surface area contributed by atoms with Gasteiger partial charge in [0.25, 0.3) is 0 Å². The highest BCUT2D eigenvalue weighted by Gasteiger charge is 2.48. The maximum atomic E-state index is 12.1. The first-order chi connectivity index (χ1) is 11.9. The van der Waals surface area contributed by atoms with E-state index in [2.05, 4.69) is 4.99 Å². The second-order valence-electron chi connectivity index (χ2n) is 6.41. The summed E-state index contributed by atoms with van der Waals surface area (Å²) >= 11 is 7.68. The Morgan fingerprint density at radius 1 is 1.36 bits per heavy atom. The van der Waals surface area contributed by atoms with E-state index in [9.17, 15) is 13.2 Å². The molecule has 136 valence electrons. The molecule has 0 bridgehead atoms. The lowest BCUT2D eigenvalue weighted by molar-refractivity contribution is -0.117. The number of rotatable bonds is 5. The number of sulfone groups is 1. The minimum Gasteiger partial charge on any atom is -0.342 e. The van der Waals surface area contributed by atoms with E-state index in [-0.39, 0.29) is 28.7 Å². The molecular formula is C17H21ClN2O3S2. The molecule has 0 spiro atoms. The van der Waals surface area contributed by atoms with Gasteiger partial charge in [0, 0.05) is 23.2 Å². The number of thioether (sulfide) groups is 1. The van der Waals surface area contributed by atoms with Gasteiger partial charge in [-0.05, 0) is 18.1 Å². The van der Waals surface area contributed by atoms with Gasteiger partial charge in [0.1, 0.15) is 0 Å². The van der Waals surface area contributed by atoms with Crippen LogP contribution in [0.15, 0.2) is 29.3 Å². The SMILES string of the molecule is CCCCC(=O)N=C1SC2CS(=O)(=O)CC2N1Cc1ccccc1Cl. The van der Waals surface area contributed by atoms with Crippen LogP contribution in [-0.4, -0.2) is 47.2 Å². The molecule has 0 aliphatic carbocycles. The number of hydrogen-bond donors (Lipinski definition) is 0. The highest BCUT2D eigenvalue weighted by atomic mass is 35.5. The van der Waals surface area contributed by atoms with E-state index in [0.29, 0.717) is 23.2 Å². The van der Waals surface area contributed by atoms with Crippen molar-refractivity contribution in [2.45, 2.75) is 44.0 Å². The van der Waals surface area contributed by atoms with Crippen molar-refractivity contribution < 1.29 is 13.2 Å². The van der Waals surface area contributed by atoms with Crippen molar-refractivity contribution >= 4 is 44.3 Å². The summed E-state index contributed by atoms with van der Waals surface area (Å²) in [6.07, 6.45) is 2.18. The Balaban J connectivity index is 1.86. The van der Waals surface area contributed by atoms with Crippen LogP contribution in [0.3, 0.4) is 0 Å². The Kier molecular flexibility index (Phi) is 5.75. The average molecular weight is 401 g/mol. The van der Waals surface area contributed by atoms with Gasteiger partial charge in [-0.1, -0.05) is 54.9 Å². The normalized spacial score (nSPS) is 26.2. The third-order valence-electron chi connectivity index (χ3n) is 4.44. The highest BCUT2D eigenvalue weighted by molar-refractivity contribution is 8.15. The first kappa shape index (κ1) is 18.7. The summed E-state index contributed by atoms with van der Waals surface area (Å²) in [5.41, 5.74) is 0.906. The zero-order chi connectivity index (χ0) is 18.0. The molecule has 1 amide bonds. The molecule has 2 fully saturated rings. The predicted molar refractivity (Wildman–Crippen MR) is 103 cm³/mol. The van der Waals surface area contributed by atoms with Crippen LogP contribution in [0.2, 0.25) is 5.02 Å². The third-order valence-corrected chi connectivity index (χ3v) is 8.05. The van der Waals surface area contributed by atoms with Crippen LogP contribution in [0.25, 0.3) is 0 Å². The van der Waals surface area contributed by atoms with Gasteiger partial charge in [0.2, 0.25) is 5.91 Å². The summed E-state index contributed by atoms with van der Waals surface area (Å²) in [5, 5.41) is 1.20. The molecule has 25 heavy (non-hydrogen) atoms. The topological polar surface area (TPSA) is 66.8 Å². The van der Waals surface area contributed by atoms with E-state index >= 15 is 0 Å². The maximum absolute atomic E-state index is 12.1. The zero-order valence-electron chi connectivity index (χ0n) is 14.0. The molecule has 0 N–H and O–H groups in total. The van der Waals surface area contributed by atoms with Crippen molar-refractivity contribution in [3.63, 3.8) is 0 Å². The van der Waals surface area contributed by atoms with E-state index in [1.54, 1.807) is 0 Å². The third kappa shape index (κ3) is 4.38. The van der Waals surface area contributed by atoms with E-state index in [1.807, 2.05) is 36.1 Å². The number of halogens is 1. The van der Waals surface area contributed by atoms with Crippen LogP contribution in [0.5, 0.6) is 0 Å². The number of benzene rings is 1. The van der Waals surface area contributed by atoms with E-state index in [4.69, 9.17) is 11.6 Å². The molecule has 0 radical (unpaired) electrons. The number of carbonyl (C=O) groups is 1. The molecule has 1 aromatic carbocycles. The number of amidine groups is 1. The van der Waals surface area contributed by atoms with Crippen LogP contribution in [0, 0.1) is 0 Å². The fourth-order valence-corrected chi connectivity index (χ4v) is 7.29. The average Bonchev–Trinajstić information content (AvgIpc) is 3.00. The van der Waals surface area contributed by atoms with Gasteiger partial charge in [-0.25, -0.2) is 8.42 Å². The second-order valence-corrected chi connectivity index (χ2v) is 10.2. The van der Waals surface area contributed by atoms with Crippen molar-refractivity contribution in [1.82, 2.24) is 4.90 Å². The number of nitrogens with zero attached hydrogens (tertiary/aromatic N) is 2. The summed E-state index contributed by atoms with van der Waals surface area (Å²) in [7, 11) is -3.04. The lowest BCUT2D eigenvalue weighted by Gasteiger charge is -2.25. The monoisotopic (exact) mass is 400 g/mol. The van der Waals surface area contributed by atoms with Gasteiger partial charge in [-0.15, -0.1) is 0 Å². The molecule has 2 saturated heterocycles. The summed E-state index contributed by atoms with van der Waals surface area (Å²) < 4.78 is 24.0. The Morgan fingerprint density at radius 2 is 2.12 bits per heavy atom. The summed E-state index contributed by atoms with van der Waals surface area (Å²) in [6, 6.07) is 7.34.